The maximum absolute atomic E-state index is 11.7. The van der Waals surface area contributed by atoms with Gasteiger partial charge in [0.05, 0.1) is 6.10 Å². The average Bonchev–Trinajstić information content (AvgIpc) is 2.35. The zero-order valence-corrected chi connectivity index (χ0v) is 14.7. The van der Waals surface area contributed by atoms with Gasteiger partial charge in [0.1, 0.15) is 11.4 Å². The van der Waals surface area contributed by atoms with Gasteiger partial charge in [-0.3, -0.25) is 0 Å². The number of nitrogens with one attached hydrogen (secondary N) is 2. The van der Waals surface area contributed by atoms with Crippen LogP contribution >= 0.6 is 0 Å². The first-order chi connectivity index (χ1) is 10.7. The Morgan fingerprint density at radius 2 is 1.74 bits per heavy atom. The summed E-state index contributed by atoms with van der Waals surface area (Å²) in [4.78, 5) is 11.7. The summed E-state index contributed by atoms with van der Waals surface area (Å²) >= 11 is 0. The monoisotopic (exact) mass is 320 g/mol. The molecule has 0 radical (unpaired) electrons. The van der Waals surface area contributed by atoms with Crippen LogP contribution < -0.4 is 15.4 Å². The first-order valence-electron chi connectivity index (χ1n) is 8.24. The smallest absolute Gasteiger partial charge is 0.407 e. The second kappa shape index (κ2) is 7.11. The third kappa shape index (κ3) is 6.00. The van der Waals surface area contributed by atoms with Crippen LogP contribution in [0.25, 0.3) is 0 Å². The lowest BCUT2D eigenvalue weighted by Gasteiger charge is -2.37. The standard InChI is InChI=1S/C18H28N2O3/c1-12(2)22-16-8-6-13(7-9-16)19-14-10-15(11-14)20-17(21)23-18(3,4)5/h6-9,12,14-15,19H,10-11H2,1-5H3,(H,20,21). The first kappa shape index (κ1) is 17.4. The van der Waals surface area contributed by atoms with E-state index in [0.29, 0.717) is 6.04 Å². The molecule has 0 spiro atoms. The van der Waals surface area contributed by atoms with E-state index < -0.39 is 5.60 Å². The fourth-order valence-corrected chi connectivity index (χ4v) is 2.47. The third-order valence-electron chi connectivity index (χ3n) is 3.46. The van der Waals surface area contributed by atoms with E-state index >= 15 is 0 Å². The maximum atomic E-state index is 11.7. The molecule has 0 heterocycles. The Hall–Kier alpha value is -1.91. The number of amides is 1. The molecule has 1 saturated carbocycles. The minimum Gasteiger partial charge on any atom is -0.491 e. The molecular formula is C18H28N2O3. The summed E-state index contributed by atoms with van der Waals surface area (Å²) in [5, 5.41) is 6.36. The summed E-state index contributed by atoms with van der Waals surface area (Å²) in [7, 11) is 0. The van der Waals surface area contributed by atoms with Crippen LogP contribution in [-0.2, 0) is 4.74 Å². The molecule has 0 aliphatic heterocycles. The highest BCUT2D eigenvalue weighted by atomic mass is 16.6. The van der Waals surface area contributed by atoms with Crippen LogP contribution in [0.15, 0.2) is 24.3 Å². The van der Waals surface area contributed by atoms with Crippen LogP contribution in [0.3, 0.4) is 0 Å². The van der Waals surface area contributed by atoms with Crippen molar-refractivity contribution >= 4 is 11.8 Å². The van der Waals surface area contributed by atoms with Crippen molar-refractivity contribution in [3.8, 4) is 5.75 Å². The van der Waals surface area contributed by atoms with Crippen LogP contribution in [0.1, 0.15) is 47.5 Å². The van der Waals surface area contributed by atoms with E-state index in [2.05, 4.69) is 10.6 Å². The summed E-state index contributed by atoms with van der Waals surface area (Å²) in [5.74, 6) is 0.878. The lowest BCUT2D eigenvalue weighted by atomic mass is 9.86. The van der Waals surface area contributed by atoms with E-state index in [1.807, 2.05) is 58.9 Å². The van der Waals surface area contributed by atoms with Gasteiger partial charge in [0.2, 0.25) is 0 Å². The Balaban J connectivity index is 1.70. The van der Waals surface area contributed by atoms with Gasteiger partial charge in [-0.15, -0.1) is 0 Å². The Morgan fingerprint density at radius 1 is 1.13 bits per heavy atom. The van der Waals surface area contributed by atoms with Crippen LogP contribution in [0, 0.1) is 0 Å². The van der Waals surface area contributed by atoms with E-state index in [4.69, 9.17) is 9.47 Å². The van der Waals surface area contributed by atoms with Crippen molar-refractivity contribution in [1.29, 1.82) is 0 Å². The SMILES string of the molecule is CC(C)Oc1ccc(NC2CC(NC(=O)OC(C)(C)C)C2)cc1. The molecule has 1 aromatic rings. The van der Waals surface area contributed by atoms with E-state index in [-0.39, 0.29) is 18.2 Å². The maximum Gasteiger partial charge on any atom is 0.407 e. The quantitative estimate of drug-likeness (QED) is 0.862. The highest BCUT2D eigenvalue weighted by Crippen LogP contribution is 2.26. The molecule has 1 amide bonds. The first-order valence-corrected chi connectivity index (χ1v) is 8.24. The zero-order chi connectivity index (χ0) is 17.0. The molecule has 5 heteroatoms. The highest BCUT2D eigenvalue weighted by Gasteiger charge is 2.31. The number of hydrogen-bond acceptors (Lipinski definition) is 4. The predicted molar refractivity (Wildman–Crippen MR) is 92.0 cm³/mol. The molecule has 2 rings (SSSR count). The molecule has 0 saturated heterocycles. The molecule has 1 aliphatic rings. The molecule has 2 N–H and O–H groups in total. The zero-order valence-electron chi connectivity index (χ0n) is 14.7. The number of benzene rings is 1. The Morgan fingerprint density at radius 3 is 2.26 bits per heavy atom. The van der Waals surface area contributed by atoms with Crippen LogP contribution in [-0.4, -0.2) is 29.9 Å². The van der Waals surface area contributed by atoms with E-state index in [1.54, 1.807) is 0 Å². The van der Waals surface area contributed by atoms with Gasteiger partial charge in [-0.25, -0.2) is 4.79 Å². The van der Waals surface area contributed by atoms with Crippen LogP contribution in [0.4, 0.5) is 10.5 Å². The van der Waals surface area contributed by atoms with E-state index in [9.17, 15) is 4.79 Å². The molecule has 0 atom stereocenters. The van der Waals surface area contributed by atoms with Crippen LogP contribution in [0.2, 0.25) is 0 Å². The van der Waals surface area contributed by atoms with Gasteiger partial charge in [0.25, 0.3) is 0 Å². The lowest BCUT2D eigenvalue weighted by Crippen LogP contribution is -2.50. The number of anilines is 1. The molecule has 23 heavy (non-hydrogen) atoms. The Kier molecular flexibility index (Phi) is 5.39. The fourth-order valence-electron chi connectivity index (χ4n) is 2.47. The van der Waals surface area contributed by atoms with Gasteiger partial charge in [-0.1, -0.05) is 0 Å². The molecular weight excluding hydrogens is 292 g/mol. The largest absolute Gasteiger partial charge is 0.491 e. The topological polar surface area (TPSA) is 59.6 Å². The fraction of sp³-hybridized carbons (Fsp3) is 0.611. The van der Waals surface area contributed by atoms with Gasteiger partial charge in [-0.05, 0) is 71.7 Å². The normalized spacial score (nSPS) is 20.6. The number of carbonyl (C=O) groups is 1. The van der Waals surface area contributed by atoms with Gasteiger partial charge >= 0.3 is 6.09 Å². The summed E-state index contributed by atoms with van der Waals surface area (Å²) in [6, 6.07) is 8.55. The van der Waals surface area contributed by atoms with Crippen molar-refractivity contribution in [2.24, 2.45) is 0 Å². The molecule has 0 unspecified atom stereocenters. The summed E-state index contributed by atoms with van der Waals surface area (Å²) < 4.78 is 10.9. The molecule has 0 aromatic heterocycles. The molecule has 5 nitrogen and oxygen atoms in total. The molecule has 1 fully saturated rings. The van der Waals surface area contributed by atoms with Gasteiger partial charge in [0.15, 0.2) is 0 Å². The molecule has 1 aliphatic carbocycles. The minimum absolute atomic E-state index is 0.181. The van der Waals surface area contributed by atoms with Crippen molar-refractivity contribution in [3.63, 3.8) is 0 Å². The van der Waals surface area contributed by atoms with Gasteiger partial charge in [-0.2, -0.15) is 0 Å². The molecule has 128 valence electrons. The van der Waals surface area contributed by atoms with E-state index in [1.165, 1.54) is 0 Å². The Labute approximate surface area is 138 Å². The molecule has 0 bridgehead atoms. The van der Waals surface area contributed by atoms with E-state index in [0.717, 1.165) is 24.3 Å². The highest BCUT2D eigenvalue weighted by molar-refractivity contribution is 5.68. The number of hydrogen-bond donors (Lipinski definition) is 2. The minimum atomic E-state index is -0.453. The Bertz CT molecular complexity index is 514. The summed E-state index contributed by atoms with van der Waals surface area (Å²) in [6.07, 6.45) is 1.66. The lowest BCUT2D eigenvalue weighted by molar-refractivity contribution is 0.0475. The van der Waals surface area contributed by atoms with Gasteiger partial charge < -0.3 is 20.1 Å². The summed E-state index contributed by atoms with van der Waals surface area (Å²) in [6.45, 7) is 9.62. The van der Waals surface area contributed by atoms with Crippen molar-refractivity contribution in [2.45, 2.75) is 71.2 Å². The number of carbonyl (C=O) groups excluding carboxylic acids is 1. The van der Waals surface area contributed by atoms with Crippen molar-refractivity contribution in [3.05, 3.63) is 24.3 Å². The van der Waals surface area contributed by atoms with Crippen molar-refractivity contribution in [2.75, 3.05) is 5.32 Å². The van der Waals surface area contributed by atoms with Gasteiger partial charge in [0, 0.05) is 17.8 Å². The number of rotatable bonds is 5. The van der Waals surface area contributed by atoms with Crippen molar-refractivity contribution < 1.29 is 14.3 Å². The number of ether oxygens (including phenoxy) is 2. The third-order valence-corrected chi connectivity index (χ3v) is 3.46. The second-order valence-corrected chi connectivity index (χ2v) is 7.35. The second-order valence-electron chi connectivity index (χ2n) is 7.35. The van der Waals surface area contributed by atoms with Crippen LogP contribution in [0.5, 0.6) is 5.75 Å². The van der Waals surface area contributed by atoms with Crippen molar-refractivity contribution in [1.82, 2.24) is 5.32 Å². The number of alkyl carbamates (subject to hydrolysis) is 1. The average molecular weight is 320 g/mol. The molecule has 1 aromatic carbocycles. The predicted octanol–water partition coefficient (Wildman–Crippen LogP) is 3.94. The summed E-state index contributed by atoms with van der Waals surface area (Å²) in [5.41, 5.74) is 0.618.